The maximum Gasteiger partial charge on any atom is 0.0634 e. The first-order valence-electron chi connectivity index (χ1n) is 7.90. The molecule has 0 bridgehead atoms. The highest BCUT2D eigenvalue weighted by Gasteiger charge is 2.28. The van der Waals surface area contributed by atoms with Crippen molar-refractivity contribution in [3.8, 4) is 0 Å². The third kappa shape index (κ3) is 5.80. The van der Waals surface area contributed by atoms with E-state index in [0.717, 1.165) is 25.4 Å². The fourth-order valence-electron chi connectivity index (χ4n) is 2.77. The van der Waals surface area contributed by atoms with E-state index in [9.17, 15) is 0 Å². The minimum atomic E-state index is -0.00499. The van der Waals surface area contributed by atoms with Crippen LogP contribution in [0.5, 0.6) is 0 Å². The fourth-order valence-corrected chi connectivity index (χ4v) is 2.77. The molecule has 1 aliphatic rings. The summed E-state index contributed by atoms with van der Waals surface area (Å²) in [6.45, 7) is 14.8. The molecule has 1 rings (SSSR count). The van der Waals surface area contributed by atoms with E-state index in [4.69, 9.17) is 4.74 Å². The fraction of sp³-hybridized carbons (Fsp3) is 1.00. The van der Waals surface area contributed by atoms with Crippen molar-refractivity contribution in [3.05, 3.63) is 0 Å². The van der Waals surface area contributed by atoms with Crippen molar-refractivity contribution >= 4 is 0 Å². The molecular weight excluding hydrogens is 236 g/mol. The van der Waals surface area contributed by atoms with Crippen LogP contribution >= 0.6 is 0 Å². The average Bonchev–Trinajstić information content (AvgIpc) is 2.37. The second-order valence-electron chi connectivity index (χ2n) is 7.01. The van der Waals surface area contributed by atoms with Crippen LogP contribution in [0.15, 0.2) is 0 Å². The zero-order valence-corrected chi connectivity index (χ0v) is 13.8. The van der Waals surface area contributed by atoms with Gasteiger partial charge in [0.05, 0.1) is 5.60 Å². The molecule has 0 aliphatic carbocycles. The standard InChI is InChI=1S/C16H34N2O/c1-7-14-12-18(9-8-16(4,5)19-6)15(11-17-14)10-13(2)3/h13-15,17H,7-12H2,1-6H3. The van der Waals surface area contributed by atoms with Gasteiger partial charge in [0.25, 0.3) is 0 Å². The molecular formula is C16H34N2O. The Hall–Kier alpha value is -0.120. The average molecular weight is 270 g/mol. The molecule has 114 valence electrons. The van der Waals surface area contributed by atoms with Gasteiger partial charge in [-0.05, 0) is 39.0 Å². The molecule has 0 radical (unpaired) electrons. The van der Waals surface area contributed by atoms with Crippen molar-refractivity contribution in [1.82, 2.24) is 10.2 Å². The highest BCUT2D eigenvalue weighted by molar-refractivity contribution is 4.87. The maximum atomic E-state index is 5.56. The largest absolute Gasteiger partial charge is 0.379 e. The Morgan fingerprint density at radius 1 is 1.37 bits per heavy atom. The monoisotopic (exact) mass is 270 g/mol. The minimum absolute atomic E-state index is 0.00499. The van der Waals surface area contributed by atoms with Gasteiger partial charge in [-0.15, -0.1) is 0 Å². The number of hydrogen-bond acceptors (Lipinski definition) is 3. The first-order chi connectivity index (χ1) is 8.88. The molecule has 2 atom stereocenters. The molecule has 0 amide bonds. The highest BCUT2D eigenvalue weighted by Crippen LogP contribution is 2.20. The van der Waals surface area contributed by atoms with Gasteiger partial charge in [0.1, 0.15) is 0 Å². The van der Waals surface area contributed by atoms with Gasteiger partial charge in [0, 0.05) is 38.8 Å². The third-order valence-electron chi connectivity index (χ3n) is 4.40. The lowest BCUT2D eigenvalue weighted by Gasteiger charge is -2.42. The van der Waals surface area contributed by atoms with E-state index in [0.29, 0.717) is 12.1 Å². The van der Waals surface area contributed by atoms with Crippen LogP contribution in [0.4, 0.5) is 0 Å². The lowest BCUT2D eigenvalue weighted by atomic mass is 9.96. The van der Waals surface area contributed by atoms with E-state index in [1.807, 2.05) is 7.11 Å². The van der Waals surface area contributed by atoms with Crippen LogP contribution in [0.2, 0.25) is 0 Å². The summed E-state index contributed by atoms with van der Waals surface area (Å²) in [4.78, 5) is 2.69. The Kier molecular flexibility index (Phi) is 6.78. The molecule has 3 heteroatoms. The summed E-state index contributed by atoms with van der Waals surface area (Å²) in [6, 6.07) is 1.35. The van der Waals surface area contributed by atoms with Crippen LogP contribution in [-0.2, 0) is 4.74 Å². The Bertz CT molecular complexity index is 253. The van der Waals surface area contributed by atoms with Crippen LogP contribution in [0, 0.1) is 5.92 Å². The van der Waals surface area contributed by atoms with Gasteiger partial charge >= 0.3 is 0 Å². The molecule has 19 heavy (non-hydrogen) atoms. The van der Waals surface area contributed by atoms with E-state index in [1.54, 1.807) is 0 Å². The maximum absolute atomic E-state index is 5.56. The number of rotatable bonds is 7. The smallest absolute Gasteiger partial charge is 0.0634 e. The second kappa shape index (κ2) is 7.61. The highest BCUT2D eigenvalue weighted by atomic mass is 16.5. The number of ether oxygens (including phenoxy) is 1. The van der Waals surface area contributed by atoms with Crippen molar-refractivity contribution in [2.24, 2.45) is 5.92 Å². The van der Waals surface area contributed by atoms with E-state index in [1.165, 1.54) is 19.4 Å². The van der Waals surface area contributed by atoms with Gasteiger partial charge < -0.3 is 10.1 Å². The Morgan fingerprint density at radius 3 is 2.58 bits per heavy atom. The quantitative estimate of drug-likeness (QED) is 0.770. The van der Waals surface area contributed by atoms with E-state index in [2.05, 4.69) is 44.8 Å². The van der Waals surface area contributed by atoms with Gasteiger partial charge in [-0.2, -0.15) is 0 Å². The molecule has 1 saturated heterocycles. The summed E-state index contributed by atoms with van der Waals surface area (Å²) in [5.74, 6) is 0.767. The lowest BCUT2D eigenvalue weighted by molar-refractivity contribution is -0.00169. The van der Waals surface area contributed by atoms with E-state index in [-0.39, 0.29) is 5.60 Å². The molecule has 0 saturated carbocycles. The topological polar surface area (TPSA) is 24.5 Å². The minimum Gasteiger partial charge on any atom is -0.379 e. The summed E-state index contributed by atoms with van der Waals surface area (Å²) >= 11 is 0. The predicted octanol–water partition coefficient (Wildman–Crippen LogP) is 2.90. The third-order valence-corrected chi connectivity index (χ3v) is 4.40. The molecule has 2 unspecified atom stereocenters. The Labute approximate surface area is 120 Å². The Morgan fingerprint density at radius 2 is 2.05 bits per heavy atom. The van der Waals surface area contributed by atoms with Crippen molar-refractivity contribution in [2.75, 3.05) is 26.7 Å². The SMILES string of the molecule is CCC1CN(CCC(C)(C)OC)C(CC(C)C)CN1. The van der Waals surface area contributed by atoms with Gasteiger partial charge in [-0.3, -0.25) is 4.90 Å². The summed E-state index contributed by atoms with van der Waals surface area (Å²) in [5, 5.41) is 3.69. The van der Waals surface area contributed by atoms with Crippen LogP contribution in [0.3, 0.4) is 0 Å². The van der Waals surface area contributed by atoms with E-state index < -0.39 is 0 Å². The number of nitrogens with one attached hydrogen (secondary N) is 1. The molecule has 1 heterocycles. The Balaban J connectivity index is 2.55. The lowest BCUT2D eigenvalue weighted by Crippen LogP contribution is -2.57. The molecule has 0 aromatic rings. The summed E-state index contributed by atoms with van der Waals surface area (Å²) in [5.41, 5.74) is -0.00499. The predicted molar refractivity (Wildman–Crippen MR) is 82.6 cm³/mol. The number of piperazine rings is 1. The molecule has 1 fully saturated rings. The number of methoxy groups -OCH3 is 1. The molecule has 0 aromatic carbocycles. The van der Waals surface area contributed by atoms with E-state index >= 15 is 0 Å². The normalized spacial score (nSPS) is 26.1. The van der Waals surface area contributed by atoms with Gasteiger partial charge in [-0.25, -0.2) is 0 Å². The molecule has 0 aromatic heterocycles. The van der Waals surface area contributed by atoms with Gasteiger partial charge in [-0.1, -0.05) is 20.8 Å². The van der Waals surface area contributed by atoms with Crippen LogP contribution in [0.1, 0.15) is 53.9 Å². The van der Waals surface area contributed by atoms with Crippen LogP contribution < -0.4 is 5.32 Å². The van der Waals surface area contributed by atoms with Crippen molar-refractivity contribution in [3.63, 3.8) is 0 Å². The first-order valence-corrected chi connectivity index (χ1v) is 7.90. The summed E-state index contributed by atoms with van der Waals surface area (Å²) in [7, 11) is 1.82. The first kappa shape index (κ1) is 16.9. The zero-order valence-electron chi connectivity index (χ0n) is 13.8. The molecule has 3 nitrogen and oxygen atoms in total. The van der Waals surface area contributed by atoms with Crippen LogP contribution in [-0.4, -0.2) is 49.3 Å². The van der Waals surface area contributed by atoms with Crippen LogP contribution in [0.25, 0.3) is 0 Å². The van der Waals surface area contributed by atoms with Gasteiger partial charge in [0.2, 0.25) is 0 Å². The van der Waals surface area contributed by atoms with Crippen molar-refractivity contribution < 1.29 is 4.74 Å². The summed E-state index contributed by atoms with van der Waals surface area (Å²) in [6.07, 6.45) is 3.62. The van der Waals surface area contributed by atoms with Gasteiger partial charge in [0.15, 0.2) is 0 Å². The second-order valence-corrected chi connectivity index (χ2v) is 7.01. The molecule has 1 aliphatic heterocycles. The van der Waals surface area contributed by atoms with Crippen molar-refractivity contribution in [2.45, 2.75) is 71.6 Å². The summed E-state index contributed by atoms with van der Waals surface area (Å²) < 4.78 is 5.56. The molecule has 1 N–H and O–H groups in total. The number of hydrogen-bond donors (Lipinski definition) is 1. The van der Waals surface area contributed by atoms with Crippen molar-refractivity contribution in [1.29, 1.82) is 0 Å². The molecule has 0 spiro atoms. The number of nitrogens with zero attached hydrogens (tertiary/aromatic N) is 1. The zero-order chi connectivity index (χ0) is 14.5.